The lowest BCUT2D eigenvalue weighted by molar-refractivity contribution is 1.27. The Morgan fingerprint density at radius 3 is 1.56 bits per heavy atom. The number of anilines is 4. The summed E-state index contributed by atoms with van der Waals surface area (Å²) < 4.78 is 0. The van der Waals surface area contributed by atoms with Gasteiger partial charge in [-0.15, -0.1) is 0 Å². The minimum absolute atomic E-state index is 0.923. The normalized spacial score (nSPS) is 20.5. The van der Waals surface area contributed by atoms with Crippen LogP contribution in [-0.2, 0) is 0 Å². The van der Waals surface area contributed by atoms with E-state index in [4.69, 9.17) is 0 Å². The largest absolute Gasteiger partial charge is 0.346 e. The van der Waals surface area contributed by atoms with E-state index in [0.29, 0.717) is 0 Å². The SMILES string of the molecule is c1cc2c([nH]1)N/C(=C1\Nc3cc[nH]c3N1)N2. The molecule has 4 heterocycles. The Kier molecular flexibility index (Phi) is 1.23. The Hall–Kier alpha value is -2.50. The zero-order valence-electron chi connectivity index (χ0n) is 8.31. The maximum atomic E-state index is 3.28. The molecule has 6 N–H and O–H groups in total. The Morgan fingerprint density at radius 2 is 1.12 bits per heavy atom. The van der Waals surface area contributed by atoms with Crippen molar-refractivity contribution >= 4 is 23.0 Å². The van der Waals surface area contributed by atoms with Crippen molar-refractivity contribution in [1.29, 1.82) is 0 Å². The number of hydrogen-bond donors (Lipinski definition) is 6. The molecule has 2 aliphatic rings. The van der Waals surface area contributed by atoms with Crippen molar-refractivity contribution in [3.05, 3.63) is 36.2 Å². The fourth-order valence-corrected chi connectivity index (χ4v) is 1.99. The van der Waals surface area contributed by atoms with Crippen molar-refractivity contribution in [1.82, 2.24) is 9.97 Å². The summed E-state index contributed by atoms with van der Waals surface area (Å²) in [6.07, 6.45) is 3.79. The van der Waals surface area contributed by atoms with E-state index in [2.05, 4.69) is 31.2 Å². The molecule has 0 fully saturated rings. The van der Waals surface area contributed by atoms with E-state index < -0.39 is 0 Å². The third kappa shape index (κ3) is 0.902. The minimum Gasteiger partial charge on any atom is -0.346 e. The standard InChI is InChI=1S/C10H10N6/c1-3-11-7-5(1)13-9(15-7)10-14-6-2-4-12-8(6)16-10/h1-4,11-16H/b10-9+. The molecule has 0 saturated carbocycles. The molecule has 0 unspecified atom stereocenters. The van der Waals surface area contributed by atoms with Crippen LogP contribution in [0.5, 0.6) is 0 Å². The average molecular weight is 214 g/mol. The third-order valence-electron chi connectivity index (χ3n) is 2.76. The third-order valence-corrected chi connectivity index (χ3v) is 2.76. The lowest BCUT2D eigenvalue weighted by atomic mass is 10.5. The van der Waals surface area contributed by atoms with Crippen LogP contribution in [0.15, 0.2) is 36.2 Å². The molecule has 0 aliphatic carbocycles. The first-order valence-electron chi connectivity index (χ1n) is 5.07. The second-order valence-electron chi connectivity index (χ2n) is 3.78. The molecule has 0 spiro atoms. The van der Waals surface area contributed by atoms with Crippen LogP contribution in [0.1, 0.15) is 0 Å². The van der Waals surface area contributed by atoms with Crippen molar-refractivity contribution in [3.8, 4) is 0 Å². The van der Waals surface area contributed by atoms with Crippen molar-refractivity contribution in [2.45, 2.75) is 0 Å². The van der Waals surface area contributed by atoms with Gasteiger partial charge in [0.25, 0.3) is 0 Å². The summed E-state index contributed by atoms with van der Waals surface area (Å²) in [5.41, 5.74) is 2.11. The Morgan fingerprint density at radius 1 is 0.625 bits per heavy atom. The zero-order chi connectivity index (χ0) is 10.5. The molecule has 6 heteroatoms. The number of H-pyrrole nitrogens is 2. The summed E-state index contributed by atoms with van der Waals surface area (Å²) in [6, 6.07) is 3.98. The first kappa shape index (κ1) is 7.75. The lowest BCUT2D eigenvalue weighted by Gasteiger charge is -2.06. The molecule has 0 aromatic carbocycles. The van der Waals surface area contributed by atoms with Gasteiger partial charge < -0.3 is 31.2 Å². The molecule has 2 aliphatic heterocycles. The topological polar surface area (TPSA) is 79.7 Å². The van der Waals surface area contributed by atoms with E-state index >= 15 is 0 Å². The van der Waals surface area contributed by atoms with Gasteiger partial charge in [-0.2, -0.15) is 0 Å². The highest BCUT2D eigenvalue weighted by Crippen LogP contribution is 2.34. The quantitative estimate of drug-likeness (QED) is 0.404. The van der Waals surface area contributed by atoms with Crippen molar-refractivity contribution in [2.75, 3.05) is 21.3 Å². The summed E-state index contributed by atoms with van der Waals surface area (Å²) in [7, 11) is 0. The molecule has 2 aromatic rings. The van der Waals surface area contributed by atoms with Gasteiger partial charge in [0.2, 0.25) is 0 Å². The Labute approximate surface area is 91.1 Å². The first-order chi connectivity index (χ1) is 7.90. The highest BCUT2D eigenvalue weighted by Gasteiger charge is 2.23. The molecule has 0 bridgehead atoms. The van der Waals surface area contributed by atoms with Gasteiger partial charge in [0, 0.05) is 12.4 Å². The smallest absolute Gasteiger partial charge is 0.151 e. The maximum absolute atomic E-state index is 3.28. The summed E-state index contributed by atoms with van der Waals surface area (Å²) in [6.45, 7) is 0. The molecule has 2 aromatic heterocycles. The van der Waals surface area contributed by atoms with Crippen LogP contribution in [0, 0.1) is 0 Å². The fraction of sp³-hybridized carbons (Fsp3) is 0. The van der Waals surface area contributed by atoms with Crippen LogP contribution < -0.4 is 21.3 Å². The molecule has 4 rings (SSSR count). The van der Waals surface area contributed by atoms with Gasteiger partial charge in [-0.3, -0.25) is 0 Å². The van der Waals surface area contributed by atoms with Crippen molar-refractivity contribution in [3.63, 3.8) is 0 Å². The zero-order valence-corrected chi connectivity index (χ0v) is 8.31. The molecule has 0 radical (unpaired) electrons. The van der Waals surface area contributed by atoms with Crippen LogP contribution in [0.25, 0.3) is 0 Å². The number of rotatable bonds is 0. The van der Waals surface area contributed by atoms with E-state index in [1.165, 1.54) is 0 Å². The van der Waals surface area contributed by atoms with E-state index in [9.17, 15) is 0 Å². The summed E-state index contributed by atoms with van der Waals surface area (Å²) in [5.74, 6) is 3.82. The fourth-order valence-electron chi connectivity index (χ4n) is 1.99. The Bertz CT molecular complexity index is 493. The molecule has 6 nitrogen and oxygen atoms in total. The summed E-state index contributed by atoms with van der Waals surface area (Å²) in [5, 5.41) is 13.1. The van der Waals surface area contributed by atoms with Gasteiger partial charge in [-0.25, -0.2) is 0 Å². The molecular formula is C10H10N6. The van der Waals surface area contributed by atoms with Gasteiger partial charge in [-0.05, 0) is 12.1 Å². The second-order valence-corrected chi connectivity index (χ2v) is 3.78. The average Bonchev–Trinajstić information content (AvgIpc) is 2.94. The number of aromatic amines is 2. The summed E-state index contributed by atoms with van der Waals surface area (Å²) in [4.78, 5) is 6.23. The molecule has 16 heavy (non-hydrogen) atoms. The molecule has 0 saturated heterocycles. The molecule has 0 amide bonds. The van der Waals surface area contributed by atoms with Crippen LogP contribution in [0.2, 0.25) is 0 Å². The number of fused-ring (bicyclic) bond motifs is 2. The molecule has 0 atom stereocenters. The van der Waals surface area contributed by atoms with Gasteiger partial charge >= 0.3 is 0 Å². The molecular weight excluding hydrogens is 204 g/mol. The highest BCUT2D eigenvalue weighted by atomic mass is 15.3. The predicted molar refractivity (Wildman–Crippen MR) is 63.1 cm³/mol. The van der Waals surface area contributed by atoms with Crippen molar-refractivity contribution < 1.29 is 0 Å². The van der Waals surface area contributed by atoms with E-state index in [0.717, 1.165) is 34.7 Å². The Balaban J connectivity index is 1.69. The lowest BCUT2D eigenvalue weighted by Crippen LogP contribution is -2.13. The van der Waals surface area contributed by atoms with Crippen LogP contribution in [0.3, 0.4) is 0 Å². The monoisotopic (exact) mass is 214 g/mol. The van der Waals surface area contributed by atoms with Gasteiger partial charge in [0.1, 0.15) is 11.6 Å². The highest BCUT2D eigenvalue weighted by molar-refractivity contribution is 5.82. The van der Waals surface area contributed by atoms with E-state index in [1.54, 1.807) is 0 Å². The van der Waals surface area contributed by atoms with Crippen LogP contribution in [0.4, 0.5) is 23.0 Å². The number of nitrogens with one attached hydrogen (secondary N) is 6. The van der Waals surface area contributed by atoms with Crippen LogP contribution in [-0.4, -0.2) is 9.97 Å². The maximum Gasteiger partial charge on any atom is 0.151 e. The molecule has 80 valence electrons. The van der Waals surface area contributed by atoms with Crippen molar-refractivity contribution in [2.24, 2.45) is 0 Å². The number of aromatic nitrogens is 2. The van der Waals surface area contributed by atoms with E-state index in [-0.39, 0.29) is 0 Å². The predicted octanol–water partition coefficient (Wildman–Crippen LogP) is 1.84. The van der Waals surface area contributed by atoms with Gasteiger partial charge in [-0.1, -0.05) is 0 Å². The minimum atomic E-state index is 0.923. The summed E-state index contributed by atoms with van der Waals surface area (Å²) >= 11 is 0. The van der Waals surface area contributed by atoms with Gasteiger partial charge in [0.05, 0.1) is 11.4 Å². The number of hydrogen-bond acceptors (Lipinski definition) is 4. The first-order valence-corrected chi connectivity index (χ1v) is 5.07. The van der Waals surface area contributed by atoms with Gasteiger partial charge in [0.15, 0.2) is 11.6 Å². The van der Waals surface area contributed by atoms with E-state index in [1.807, 2.05) is 24.5 Å². The van der Waals surface area contributed by atoms with Crippen LogP contribution >= 0.6 is 0 Å². The second kappa shape index (κ2) is 2.54.